The molecule has 2 unspecified atom stereocenters. The molecule has 2 aromatic heterocycles. The SMILES string of the molecule is Cc1c(-c2ccc(SN3CCC(Nc4ccc(C(F)(F)F)cn4)C(O)C3)cc2)ccc2[nH]nc(C#N)c12. The molecular formula is C26H23F3N6OS. The topological polar surface area (TPSA) is 101 Å². The summed E-state index contributed by atoms with van der Waals surface area (Å²) in [5, 5.41) is 30.8. The number of nitrogens with zero attached hydrogens (tertiary/aromatic N) is 4. The average molecular weight is 525 g/mol. The van der Waals surface area contributed by atoms with Gasteiger partial charge >= 0.3 is 6.18 Å². The Bertz CT molecular complexity index is 1450. The maximum atomic E-state index is 12.7. The Morgan fingerprint density at radius 3 is 2.59 bits per heavy atom. The Balaban J connectivity index is 1.21. The second-order valence-corrected chi connectivity index (χ2v) is 10.1. The summed E-state index contributed by atoms with van der Waals surface area (Å²) in [6.45, 7) is 3.07. The van der Waals surface area contributed by atoms with E-state index in [0.717, 1.165) is 44.8 Å². The molecule has 2 aromatic carbocycles. The highest BCUT2D eigenvalue weighted by molar-refractivity contribution is 7.97. The first kappa shape index (κ1) is 25.1. The summed E-state index contributed by atoms with van der Waals surface area (Å²) in [7, 11) is 0. The number of rotatable bonds is 5. The first-order chi connectivity index (χ1) is 17.7. The highest BCUT2D eigenvalue weighted by Gasteiger charge is 2.32. The van der Waals surface area contributed by atoms with Crippen LogP contribution in [0.15, 0.2) is 59.6 Å². The van der Waals surface area contributed by atoms with E-state index in [1.165, 1.54) is 6.07 Å². The molecule has 7 nitrogen and oxygen atoms in total. The molecule has 0 spiro atoms. The molecule has 4 aromatic rings. The van der Waals surface area contributed by atoms with Crippen molar-refractivity contribution in [2.45, 2.75) is 36.6 Å². The predicted octanol–water partition coefficient (Wildman–Crippen LogP) is 5.38. The van der Waals surface area contributed by atoms with Crippen LogP contribution < -0.4 is 5.32 Å². The van der Waals surface area contributed by atoms with Gasteiger partial charge in [0.2, 0.25) is 0 Å². The highest BCUT2D eigenvalue weighted by Crippen LogP contribution is 2.34. The smallest absolute Gasteiger partial charge is 0.390 e. The molecule has 190 valence electrons. The molecule has 1 aliphatic rings. The van der Waals surface area contributed by atoms with Gasteiger partial charge in [-0.3, -0.25) is 5.10 Å². The van der Waals surface area contributed by atoms with Crippen molar-refractivity contribution in [1.82, 2.24) is 19.5 Å². The molecule has 0 saturated carbocycles. The Kier molecular flexibility index (Phi) is 6.81. The van der Waals surface area contributed by atoms with Crippen LogP contribution in [-0.4, -0.2) is 49.8 Å². The Hall–Kier alpha value is -3.59. The van der Waals surface area contributed by atoms with Gasteiger partial charge in [0, 0.05) is 29.6 Å². The molecule has 1 saturated heterocycles. The number of aliphatic hydroxyl groups excluding tert-OH is 1. The zero-order valence-electron chi connectivity index (χ0n) is 19.8. The molecular weight excluding hydrogens is 501 g/mol. The normalized spacial score (nSPS) is 18.6. The first-order valence-corrected chi connectivity index (χ1v) is 12.4. The summed E-state index contributed by atoms with van der Waals surface area (Å²) in [5.41, 5.74) is 3.45. The van der Waals surface area contributed by atoms with Gasteiger partial charge in [0.15, 0.2) is 5.69 Å². The third kappa shape index (κ3) is 5.27. The number of pyridine rings is 1. The number of fused-ring (bicyclic) bond motifs is 1. The van der Waals surface area contributed by atoms with Gasteiger partial charge < -0.3 is 10.4 Å². The van der Waals surface area contributed by atoms with E-state index in [-0.39, 0.29) is 6.04 Å². The molecule has 0 bridgehead atoms. The van der Waals surface area contributed by atoms with E-state index in [0.29, 0.717) is 31.0 Å². The number of β-amino-alcohol motifs (C(OH)–C–C–N with tert-alkyl or cyclic N) is 1. The number of H-pyrrole nitrogens is 1. The number of benzene rings is 2. The lowest BCUT2D eigenvalue weighted by molar-refractivity contribution is -0.137. The second kappa shape index (κ2) is 10.0. The molecule has 5 rings (SSSR count). The van der Waals surface area contributed by atoms with Crippen LogP contribution in [0.4, 0.5) is 19.0 Å². The summed E-state index contributed by atoms with van der Waals surface area (Å²) in [6, 6.07) is 16.1. The van der Waals surface area contributed by atoms with Crippen molar-refractivity contribution in [3.8, 4) is 17.2 Å². The van der Waals surface area contributed by atoms with Crippen molar-refractivity contribution in [3.63, 3.8) is 0 Å². The molecule has 11 heteroatoms. The number of nitrogens with one attached hydrogen (secondary N) is 2. The lowest BCUT2D eigenvalue weighted by atomic mass is 9.97. The minimum absolute atomic E-state index is 0.303. The zero-order chi connectivity index (χ0) is 26.2. The maximum absolute atomic E-state index is 12.7. The van der Waals surface area contributed by atoms with Gasteiger partial charge in [-0.15, -0.1) is 0 Å². The van der Waals surface area contributed by atoms with Crippen LogP contribution in [-0.2, 0) is 6.18 Å². The van der Waals surface area contributed by atoms with E-state index in [9.17, 15) is 23.5 Å². The van der Waals surface area contributed by atoms with Crippen LogP contribution in [0.5, 0.6) is 0 Å². The number of piperidine rings is 1. The molecule has 37 heavy (non-hydrogen) atoms. The molecule has 0 amide bonds. The summed E-state index contributed by atoms with van der Waals surface area (Å²) >= 11 is 1.55. The quantitative estimate of drug-likeness (QED) is 0.302. The van der Waals surface area contributed by atoms with Gasteiger partial charge in [0.1, 0.15) is 11.9 Å². The lowest BCUT2D eigenvalue weighted by Gasteiger charge is -2.35. The fourth-order valence-electron chi connectivity index (χ4n) is 4.51. The predicted molar refractivity (Wildman–Crippen MR) is 136 cm³/mol. The molecule has 2 atom stereocenters. The number of anilines is 1. The monoisotopic (exact) mass is 524 g/mol. The van der Waals surface area contributed by atoms with Crippen LogP contribution in [0, 0.1) is 18.3 Å². The minimum Gasteiger partial charge on any atom is -0.390 e. The van der Waals surface area contributed by atoms with Crippen LogP contribution in [0.25, 0.3) is 22.0 Å². The highest BCUT2D eigenvalue weighted by atomic mass is 32.2. The van der Waals surface area contributed by atoms with Crippen LogP contribution in [0.2, 0.25) is 0 Å². The molecule has 0 aliphatic carbocycles. The molecule has 1 fully saturated rings. The van der Waals surface area contributed by atoms with Crippen molar-refractivity contribution < 1.29 is 18.3 Å². The number of hydrogen-bond donors (Lipinski definition) is 3. The van der Waals surface area contributed by atoms with Crippen molar-refractivity contribution in [1.29, 1.82) is 5.26 Å². The number of aromatic amines is 1. The average Bonchev–Trinajstić information content (AvgIpc) is 3.31. The van der Waals surface area contributed by atoms with Gasteiger partial charge in [0.05, 0.1) is 23.2 Å². The van der Waals surface area contributed by atoms with Gasteiger partial charge in [-0.2, -0.15) is 23.5 Å². The maximum Gasteiger partial charge on any atom is 0.417 e. The number of alkyl halides is 3. The van der Waals surface area contributed by atoms with Crippen LogP contribution in [0.3, 0.4) is 0 Å². The van der Waals surface area contributed by atoms with Crippen molar-refractivity contribution in [2.75, 3.05) is 18.4 Å². The summed E-state index contributed by atoms with van der Waals surface area (Å²) in [6.07, 6.45) is -3.73. The third-order valence-corrected chi connectivity index (χ3v) is 7.54. The molecule has 3 N–H and O–H groups in total. The molecule has 1 aliphatic heterocycles. The van der Waals surface area contributed by atoms with E-state index in [1.807, 2.05) is 43.3 Å². The number of aromatic nitrogens is 3. The fourth-order valence-corrected chi connectivity index (χ4v) is 5.49. The number of aryl methyl sites for hydroxylation is 1. The van der Waals surface area contributed by atoms with Crippen LogP contribution in [0.1, 0.15) is 23.2 Å². The van der Waals surface area contributed by atoms with Gasteiger partial charge in [0.25, 0.3) is 0 Å². The standard InChI is InChI=1S/C26H23F3N6OS/c1-15-19(7-8-21-25(15)22(12-30)34-33-21)16-2-5-18(6-3-16)37-35-11-10-20(23(36)14-35)32-24-9-4-17(13-31-24)26(27,28)29/h2-9,13,20,23,36H,10-11,14H2,1H3,(H,31,32)(H,33,34). The van der Waals surface area contributed by atoms with E-state index >= 15 is 0 Å². The number of halogens is 3. The minimum atomic E-state index is -4.43. The number of hydrogen-bond acceptors (Lipinski definition) is 7. The zero-order valence-corrected chi connectivity index (χ0v) is 20.6. The number of nitriles is 1. The largest absolute Gasteiger partial charge is 0.417 e. The van der Waals surface area contributed by atoms with Gasteiger partial charge in [-0.1, -0.05) is 18.2 Å². The lowest BCUT2D eigenvalue weighted by Crippen LogP contribution is -2.47. The van der Waals surface area contributed by atoms with Gasteiger partial charge in [-0.05, 0) is 72.3 Å². The van der Waals surface area contributed by atoms with E-state index in [2.05, 4.69) is 30.9 Å². The summed E-state index contributed by atoms with van der Waals surface area (Å²) < 4.78 is 40.3. The third-order valence-electron chi connectivity index (χ3n) is 6.46. The number of aliphatic hydroxyl groups is 1. The van der Waals surface area contributed by atoms with Crippen molar-refractivity contribution in [2.24, 2.45) is 0 Å². The summed E-state index contributed by atoms with van der Waals surface area (Å²) in [5.74, 6) is 0.305. The molecule has 3 heterocycles. The van der Waals surface area contributed by atoms with Crippen molar-refractivity contribution in [3.05, 3.63) is 71.5 Å². The van der Waals surface area contributed by atoms with E-state index in [1.54, 1.807) is 11.9 Å². The second-order valence-electron chi connectivity index (χ2n) is 8.89. The summed E-state index contributed by atoms with van der Waals surface area (Å²) in [4.78, 5) is 4.86. The van der Waals surface area contributed by atoms with Crippen molar-refractivity contribution >= 4 is 28.7 Å². The van der Waals surface area contributed by atoms with E-state index < -0.39 is 17.8 Å². The fraction of sp³-hybridized carbons (Fsp3) is 0.269. The Morgan fingerprint density at radius 1 is 1.16 bits per heavy atom. The Morgan fingerprint density at radius 2 is 1.95 bits per heavy atom. The Labute approximate surface area is 215 Å². The first-order valence-electron chi connectivity index (χ1n) is 11.6. The van der Waals surface area contributed by atoms with Gasteiger partial charge in [-0.25, -0.2) is 9.29 Å². The molecule has 0 radical (unpaired) electrons. The van der Waals surface area contributed by atoms with Crippen LogP contribution >= 0.6 is 11.9 Å². The van der Waals surface area contributed by atoms with E-state index in [4.69, 9.17) is 0 Å².